The van der Waals surface area contributed by atoms with Crippen molar-refractivity contribution in [3.05, 3.63) is 65.9 Å². The van der Waals surface area contributed by atoms with Crippen molar-refractivity contribution in [2.75, 3.05) is 24.5 Å². The lowest BCUT2D eigenvalue weighted by Gasteiger charge is -2.40. The fourth-order valence-electron chi connectivity index (χ4n) is 4.33. The van der Waals surface area contributed by atoms with Gasteiger partial charge in [-0.05, 0) is 42.6 Å². The van der Waals surface area contributed by atoms with Gasteiger partial charge in [0.25, 0.3) is 5.91 Å². The summed E-state index contributed by atoms with van der Waals surface area (Å²) >= 11 is 1.63. The summed E-state index contributed by atoms with van der Waals surface area (Å²) in [6.45, 7) is 3.93. The van der Waals surface area contributed by atoms with Crippen LogP contribution in [-0.4, -0.2) is 56.1 Å². The van der Waals surface area contributed by atoms with Gasteiger partial charge in [-0.25, -0.2) is 9.38 Å². The van der Waals surface area contributed by atoms with Crippen LogP contribution in [0.2, 0.25) is 0 Å². The lowest BCUT2D eigenvalue weighted by molar-refractivity contribution is 0.0640. The zero-order chi connectivity index (χ0) is 21.7. The Hall–Kier alpha value is -3.72. The minimum absolute atomic E-state index is 0.00802. The molecular formula is C23H20N6O2S. The maximum Gasteiger partial charge on any atom is 0.289 e. The summed E-state index contributed by atoms with van der Waals surface area (Å²) in [6.07, 6.45) is 1.53. The number of carbonyl (C=O) groups is 1. The Morgan fingerprint density at radius 1 is 1.09 bits per heavy atom. The van der Waals surface area contributed by atoms with Gasteiger partial charge < -0.3 is 14.2 Å². The minimum Gasteiger partial charge on any atom is -0.459 e. The van der Waals surface area contributed by atoms with E-state index in [4.69, 9.17) is 9.40 Å². The summed E-state index contributed by atoms with van der Waals surface area (Å²) in [7, 11) is 0. The fraction of sp³-hybridized carbons (Fsp3) is 0.217. The van der Waals surface area contributed by atoms with Crippen LogP contribution in [0.1, 0.15) is 17.5 Å². The Morgan fingerprint density at radius 3 is 2.78 bits per heavy atom. The molecule has 1 fully saturated rings. The van der Waals surface area contributed by atoms with Crippen LogP contribution in [0, 0.1) is 0 Å². The van der Waals surface area contributed by atoms with Crippen molar-refractivity contribution >= 4 is 39.7 Å². The van der Waals surface area contributed by atoms with Gasteiger partial charge >= 0.3 is 0 Å². The molecule has 0 aliphatic carbocycles. The van der Waals surface area contributed by atoms with Crippen LogP contribution in [0.25, 0.3) is 27.3 Å². The number of nitrogens with zero attached hydrogens (tertiary/aromatic N) is 6. The summed E-state index contributed by atoms with van der Waals surface area (Å²) < 4.78 is 7.37. The fourth-order valence-corrected chi connectivity index (χ4v) is 5.02. The molecule has 1 aromatic carbocycles. The molecule has 1 saturated heterocycles. The van der Waals surface area contributed by atoms with E-state index in [1.807, 2.05) is 51.1 Å². The number of carbonyl (C=O) groups excluding carboxylic acids is 1. The molecular weight excluding hydrogens is 424 g/mol. The third kappa shape index (κ3) is 2.96. The smallest absolute Gasteiger partial charge is 0.289 e. The minimum atomic E-state index is -0.0812. The summed E-state index contributed by atoms with van der Waals surface area (Å²) in [4.78, 5) is 23.0. The van der Waals surface area contributed by atoms with Crippen molar-refractivity contribution in [2.45, 2.75) is 13.0 Å². The second-order valence-corrected chi connectivity index (χ2v) is 8.81. The van der Waals surface area contributed by atoms with Crippen LogP contribution in [0.4, 0.5) is 5.95 Å². The van der Waals surface area contributed by atoms with Crippen LogP contribution >= 0.6 is 11.3 Å². The molecule has 5 aromatic rings. The van der Waals surface area contributed by atoms with Gasteiger partial charge in [0.05, 0.1) is 16.7 Å². The average Bonchev–Trinajstić information content (AvgIpc) is 3.59. The molecule has 0 spiro atoms. The van der Waals surface area contributed by atoms with Crippen LogP contribution in [0.5, 0.6) is 0 Å². The third-order valence-corrected chi connectivity index (χ3v) is 6.74. The van der Waals surface area contributed by atoms with E-state index in [0.717, 1.165) is 33.2 Å². The van der Waals surface area contributed by atoms with E-state index in [1.165, 1.54) is 6.26 Å². The highest BCUT2D eigenvalue weighted by molar-refractivity contribution is 7.13. The van der Waals surface area contributed by atoms with Gasteiger partial charge in [0, 0.05) is 31.1 Å². The van der Waals surface area contributed by atoms with Crippen molar-refractivity contribution in [3.8, 4) is 10.7 Å². The number of piperazine rings is 1. The molecule has 5 heterocycles. The maximum absolute atomic E-state index is 12.8. The first-order chi connectivity index (χ1) is 15.7. The number of benzene rings is 1. The van der Waals surface area contributed by atoms with E-state index in [2.05, 4.69) is 22.0 Å². The van der Waals surface area contributed by atoms with Gasteiger partial charge in [-0.3, -0.25) is 4.79 Å². The number of thiophene rings is 1. The zero-order valence-electron chi connectivity index (χ0n) is 17.4. The lowest BCUT2D eigenvalue weighted by atomic mass is 10.1. The number of para-hydroxylation sites is 1. The third-order valence-electron chi connectivity index (χ3n) is 5.87. The molecule has 9 heteroatoms. The predicted molar refractivity (Wildman–Crippen MR) is 123 cm³/mol. The Labute approximate surface area is 187 Å². The van der Waals surface area contributed by atoms with Gasteiger partial charge in [-0.1, -0.05) is 18.2 Å². The number of fused-ring (bicyclic) bond motifs is 3. The van der Waals surface area contributed by atoms with E-state index >= 15 is 0 Å². The molecule has 0 N–H and O–H groups in total. The molecule has 0 radical (unpaired) electrons. The van der Waals surface area contributed by atoms with E-state index in [9.17, 15) is 4.79 Å². The van der Waals surface area contributed by atoms with E-state index in [1.54, 1.807) is 23.5 Å². The molecule has 1 aliphatic rings. The Bertz CT molecular complexity index is 1410. The predicted octanol–water partition coefficient (Wildman–Crippen LogP) is 3.95. The highest BCUT2D eigenvalue weighted by atomic mass is 32.1. The van der Waals surface area contributed by atoms with E-state index in [0.29, 0.717) is 25.4 Å². The average molecular weight is 445 g/mol. The van der Waals surface area contributed by atoms with Crippen LogP contribution in [0.3, 0.4) is 0 Å². The van der Waals surface area contributed by atoms with Crippen LogP contribution in [0.15, 0.2) is 64.6 Å². The molecule has 160 valence electrons. The number of amides is 1. The molecule has 1 aliphatic heterocycles. The quantitative estimate of drug-likeness (QED) is 0.419. The molecule has 1 atom stereocenters. The van der Waals surface area contributed by atoms with Crippen molar-refractivity contribution in [1.29, 1.82) is 0 Å². The first kappa shape index (κ1) is 19.0. The first-order valence-corrected chi connectivity index (χ1v) is 11.4. The normalized spacial score (nSPS) is 16.8. The highest BCUT2D eigenvalue weighted by Gasteiger charge is 2.31. The Kier molecular flexibility index (Phi) is 4.43. The Balaban J connectivity index is 1.43. The van der Waals surface area contributed by atoms with E-state index in [-0.39, 0.29) is 11.9 Å². The molecule has 0 unspecified atom stereocenters. The Morgan fingerprint density at radius 2 is 2.00 bits per heavy atom. The molecule has 32 heavy (non-hydrogen) atoms. The molecule has 6 rings (SSSR count). The molecule has 1 amide bonds. The van der Waals surface area contributed by atoms with E-state index < -0.39 is 0 Å². The van der Waals surface area contributed by atoms with Crippen molar-refractivity contribution in [2.24, 2.45) is 0 Å². The zero-order valence-corrected chi connectivity index (χ0v) is 18.2. The number of hydrogen-bond acceptors (Lipinski definition) is 7. The molecule has 0 bridgehead atoms. The largest absolute Gasteiger partial charge is 0.459 e. The first-order valence-electron chi connectivity index (χ1n) is 10.5. The molecule has 4 aromatic heterocycles. The second kappa shape index (κ2) is 7.45. The number of furan rings is 1. The number of aromatic nitrogens is 4. The summed E-state index contributed by atoms with van der Waals surface area (Å²) in [6, 6.07) is 15.5. The summed E-state index contributed by atoms with van der Waals surface area (Å²) in [5.74, 6) is 1.87. The summed E-state index contributed by atoms with van der Waals surface area (Å²) in [5.41, 5.74) is 1.66. The molecule has 8 nitrogen and oxygen atoms in total. The second-order valence-electron chi connectivity index (χ2n) is 7.86. The van der Waals surface area contributed by atoms with Gasteiger partial charge in [0.15, 0.2) is 17.2 Å². The van der Waals surface area contributed by atoms with Gasteiger partial charge in [-0.2, -0.15) is 0 Å². The lowest BCUT2D eigenvalue weighted by Crippen LogP contribution is -2.54. The number of anilines is 1. The molecule has 0 saturated carbocycles. The van der Waals surface area contributed by atoms with Crippen LogP contribution in [-0.2, 0) is 0 Å². The number of hydrogen-bond donors (Lipinski definition) is 0. The number of rotatable bonds is 3. The monoisotopic (exact) mass is 444 g/mol. The van der Waals surface area contributed by atoms with Crippen molar-refractivity contribution in [1.82, 2.24) is 24.5 Å². The standard InChI is InChI=1S/C23H20N6O2S/c1-15-14-27(10-11-28(15)22(30)18-8-4-12-31-18)23-24-17-7-3-2-6-16(17)20-25-26-21(29(20)23)19-9-5-13-32-19/h2-9,12-13,15H,10-11,14H2,1H3/t15-/m1/s1. The van der Waals surface area contributed by atoms with Gasteiger partial charge in [0.1, 0.15) is 0 Å². The van der Waals surface area contributed by atoms with Gasteiger partial charge in [0.2, 0.25) is 5.95 Å². The van der Waals surface area contributed by atoms with Crippen molar-refractivity contribution < 1.29 is 9.21 Å². The summed E-state index contributed by atoms with van der Waals surface area (Å²) in [5, 5.41) is 12.0. The topological polar surface area (TPSA) is 79.8 Å². The van der Waals surface area contributed by atoms with Gasteiger partial charge in [-0.15, -0.1) is 21.5 Å². The van der Waals surface area contributed by atoms with Crippen molar-refractivity contribution in [3.63, 3.8) is 0 Å². The highest BCUT2D eigenvalue weighted by Crippen LogP contribution is 2.31. The SMILES string of the molecule is C[C@@H]1CN(c2nc3ccccc3c3nnc(-c4cccs4)n23)CCN1C(=O)c1ccco1. The van der Waals surface area contributed by atoms with Crippen LogP contribution < -0.4 is 4.90 Å². The maximum atomic E-state index is 12.8.